The van der Waals surface area contributed by atoms with Crippen molar-refractivity contribution in [1.82, 2.24) is 0 Å². The molecule has 16 heavy (non-hydrogen) atoms. The Balaban J connectivity index is 2.34. The van der Waals surface area contributed by atoms with Crippen molar-refractivity contribution in [2.45, 2.75) is 0 Å². The highest BCUT2D eigenvalue weighted by Crippen LogP contribution is 2.24. The number of amides is 1. The summed E-state index contributed by atoms with van der Waals surface area (Å²) in [5, 5.41) is 0. The molecule has 2 aromatic rings. The molecule has 0 fully saturated rings. The number of carbonyl (C=O) groups excluding carboxylic acids is 1. The Labute approximate surface area is 93.3 Å². The van der Waals surface area contributed by atoms with Gasteiger partial charge in [0.05, 0.1) is 6.26 Å². The third-order valence-corrected chi connectivity index (χ3v) is 2.35. The summed E-state index contributed by atoms with van der Waals surface area (Å²) in [4.78, 5) is 12.9. The molecule has 0 spiro atoms. The molecule has 0 bridgehead atoms. The first-order valence-corrected chi connectivity index (χ1v) is 4.85. The predicted octanol–water partition coefficient (Wildman–Crippen LogP) is 2.15. The van der Waals surface area contributed by atoms with E-state index in [1.165, 1.54) is 0 Å². The van der Waals surface area contributed by atoms with Gasteiger partial charge in [-0.25, -0.2) is 0 Å². The molecule has 1 aromatic carbocycles. The molecule has 0 saturated heterocycles. The van der Waals surface area contributed by atoms with Crippen LogP contribution in [0.25, 0.3) is 0 Å². The lowest BCUT2D eigenvalue weighted by molar-refractivity contribution is 0.100. The number of nitrogens with two attached hydrogens (primary N) is 1. The molecule has 2 rings (SSSR count). The summed E-state index contributed by atoms with van der Waals surface area (Å²) in [5.41, 5.74) is 6.56. The molecule has 0 saturated carbocycles. The first kappa shape index (κ1) is 10.3. The number of benzene rings is 1. The summed E-state index contributed by atoms with van der Waals surface area (Å²) in [5.74, 6) is 0.274. The summed E-state index contributed by atoms with van der Waals surface area (Å²) < 4.78 is 5.26. The van der Waals surface area contributed by atoms with Crippen molar-refractivity contribution in [2.24, 2.45) is 5.73 Å². The summed E-state index contributed by atoms with van der Waals surface area (Å²) in [6, 6.07) is 10.7. The van der Waals surface area contributed by atoms with Gasteiger partial charge in [-0.15, -0.1) is 0 Å². The van der Waals surface area contributed by atoms with E-state index in [0.29, 0.717) is 11.4 Å². The fourth-order valence-electron chi connectivity index (χ4n) is 1.46. The van der Waals surface area contributed by atoms with Crippen LogP contribution in [-0.4, -0.2) is 13.0 Å². The highest BCUT2D eigenvalue weighted by molar-refractivity contribution is 5.93. The fraction of sp³-hybridized carbons (Fsp3) is 0.0833. The minimum absolute atomic E-state index is 0.435. The molecule has 0 aliphatic carbocycles. The van der Waals surface area contributed by atoms with Crippen molar-refractivity contribution < 1.29 is 9.21 Å². The Morgan fingerprint density at radius 2 is 2.12 bits per heavy atom. The van der Waals surface area contributed by atoms with Crippen LogP contribution in [0, 0.1) is 0 Å². The third kappa shape index (κ3) is 1.91. The van der Waals surface area contributed by atoms with Crippen LogP contribution >= 0.6 is 0 Å². The minimum Gasteiger partial charge on any atom is -0.448 e. The van der Waals surface area contributed by atoms with Gasteiger partial charge >= 0.3 is 0 Å². The summed E-state index contributed by atoms with van der Waals surface area (Å²) >= 11 is 0. The van der Waals surface area contributed by atoms with Gasteiger partial charge in [0.1, 0.15) is 0 Å². The number of nitrogens with zero attached hydrogens (tertiary/aromatic N) is 1. The van der Waals surface area contributed by atoms with E-state index < -0.39 is 5.91 Å². The van der Waals surface area contributed by atoms with Gasteiger partial charge in [-0.05, 0) is 24.3 Å². The van der Waals surface area contributed by atoms with Crippen molar-refractivity contribution in [2.75, 3.05) is 11.9 Å². The molecule has 0 aliphatic rings. The Hall–Kier alpha value is -2.23. The molecule has 4 heteroatoms. The zero-order chi connectivity index (χ0) is 11.5. The van der Waals surface area contributed by atoms with E-state index in [-0.39, 0.29) is 0 Å². The lowest BCUT2D eigenvalue weighted by Gasteiger charge is -2.16. The van der Waals surface area contributed by atoms with Crippen LogP contribution in [0.3, 0.4) is 0 Å². The SMILES string of the molecule is CN(c1cccc(C(N)=O)c1)c1ccco1. The monoisotopic (exact) mass is 216 g/mol. The van der Waals surface area contributed by atoms with Crippen LogP contribution in [0.4, 0.5) is 11.6 Å². The van der Waals surface area contributed by atoms with Gasteiger partial charge in [-0.1, -0.05) is 6.07 Å². The zero-order valence-corrected chi connectivity index (χ0v) is 8.88. The van der Waals surface area contributed by atoms with Crippen LogP contribution in [0.2, 0.25) is 0 Å². The normalized spacial score (nSPS) is 10.1. The van der Waals surface area contributed by atoms with Crippen molar-refractivity contribution in [3.8, 4) is 0 Å². The number of carbonyl (C=O) groups is 1. The highest BCUT2D eigenvalue weighted by atomic mass is 16.3. The number of hydrogen-bond acceptors (Lipinski definition) is 3. The number of hydrogen-bond donors (Lipinski definition) is 1. The van der Waals surface area contributed by atoms with Crippen LogP contribution in [0.15, 0.2) is 47.1 Å². The predicted molar refractivity (Wildman–Crippen MR) is 61.7 cm³/mol. The molecule has 1 aromatic heterocycles. The maximum Gasteiger partial charge on any atom is 0.248 e. The van der Waals surface area contributed by atoms with Crippen molar-refractivity contribution in [1.29, 1.82) is 0 Å². The van der Waals surface area contributed by atoms with E-state index in [9.17, 15) is 4.79 Å². The summed E-state index contributed by atoms with van der Waals surface area (Å²) in [6.07, 6.45) is 1.60. The first-order valence-electron chi connectivity index (χ1n) is 4.85. The quantitative estimate of drug-likeness (QED) is 0.855. The van der Waals surface area contributed by atoms with E-state index >= 15 is 0 Å². The van der Waals surface area contributed by atoms with Crippen molar-refractivity contribution in [3.63, 3.8) is 0 Å². The maximum absolute atomic E-state index is 11.0. The lowest BCUT2D eigenvalue weighted by atomic mass is 10.2. The first-order chi connectivity index (χ1) is 7.68. The average molecular weight is 216 g/mol. The van der Waals surface area contributed by atoms with Crippen molar-refractivity contribution in [3.05, 3.63) is 48.2 Å². The fourth-order valence-corrected chi connectivity index (χ4v) is 1.46. The van der Waals surface area contributed by atoms with E-state index in [0.717, 1.165) is 5.69 Å². The Morgan fingerprint density at radius 1 is 1.31 bits per heavy atom. The van der Waals surface area contributed by atoms with Crippen LogP contribution < -0.4 is 10.6 Å². The van der Waals surface area contributed by atoms with Gasteiger partial charge in [0.2, 0.25) is 5.91 Å². The third-order valence-electron chi connectivity index (χ3n) is 2.35. The van der Waals surface area contributed by atoms with Crippen molar-refractivity contribution >= 4 is 17.5 Å². The van der Waals surface area contributed by atoms with Gasteiger partial charge in [0, 0.05) is 24.4 Å². The van der Waals surface area contributed by atoms with Gasteiger partial charge < -0.3 is 15.1 Å². The smallest absolute Gasteiger partial charge is 0.248 e. The van der Waals surface area contributed by atoms with Crippen LogP contribution in [0.1, 0.15) is 10.4 Å². The second-order valence-corrected chi connectivity index (χ2v) is 3.42. The van der Waals surface area contributed by atoms with E-state index in [1.54, 1.807) is 24.5 Å². The number of anilines is 2. The van der Waals surface area contributed by atoms with Gasteiger partial charge in [-0.3, -0.25) is 4.79 Å². The molecule has 4 nitrogen and oxygen atoms in total. The van der Waals surface area contributed by atoms with E-state index in [1.807, 2.05) is 30.1 Å². The molecular formula is C12H12N2O2. The highest BCUT2D eigenvalue weighted by Gasteiger charge is 2.08. The molecular weight excluding hydrogens is 204 g/mol. The average Bonchev–Trinajstić information content (AvgIpc) is 2.81. The largest absolute Gasteiger partial charge is 0.448 e. The molecule has 0 unspecified atom stereocenters. The van der Waals surface area contributed by atoms with E-state index in [4.69, 9.17) is 10.2 Å². The molecule has 0 radical (unpaired) electrons. The Morgan fingerprint density at radius 3 is 2.75 bits per heavy atom. The summed E-state index contributed by atoms with van der Waals surface area (Å²) in [6.45, 7) is 0. The zero-order valence-electron chi connectivity index (χ0n) is 8.88. The number of furan rings is 1. The Kier molecular flexibility index (Phi) is 2.64. The van der Waals surface area contributed by atoms with E-state index in [2.05, 4.69) is 0 Å². The van der Waals surface area contributed by atoms with Crippen LogP contribution in [-0.2, 0) is 0 Å². The van der Waals surface area contributed by atoms with Gasteiger partial charge in [-0.2, -0.15) is 0 Å². The molecule has 0 aliphatic heterocycles. The maximum atomic E-state index is 11.0. The Bertz CT molecular complexity index is 491. The molecule has 0 atom stereocenters. The lowest BCUT2D eigenvalue weighted by Crippen LogP contribution is -2.13. The molecule has 1 amide bonds. The van der Waals surface area contributed by atoms with Gasteiger partial charge in [0.15, 0.2) is 5.88 Å². The van der Waals surface area contributed by atoms with Crippen LogP contribution in [0.5, 0.6) is 0 Å². The second kappa shape index (κ2) is 4.10. The molecule has 2 N–H and O–H groups in total. The topological polar surface area (TPSA) is 59.5 Å². The standard InChI is InChI=1S/C12H12N2O2/c1-14(11-6-3-7-16-11)10-5-2-4-9(8-10)12(13)15/h2-8H,1H3,(H2,13,15). The molecule has 1 heterocycles. The number of rotatable bonds is 3. The molecule has 82 valence electrons. The summed E-state index contributed by atoms with van der Waals surface area (Å²) in [7, 11) is 1.86. The number of primary amides is 1. The second-order valence-electron chi connectivity index (χ2n) is 3.42. The minimum atomic E-state index is -0.435. The van der Waals surface area contributed by atoms with Gasteiger partial charge in [0.25, 0.3) is 0 Å².